The van der Waals surface area contributed by atoms with Crippen LogP contribution in [0.1, 0.15) is 420 Å². The van der Waals surface area contributed by atoms with Gasteiger partial charge in [0.1, 0.15) is 19.3 Å². The quantitative estimate of drug-likeness (QED) is 0.0222. The van der Waals surface area contributed by atoms with Crippen molar-refractivity contribution in [2.75, 3.05) is 39.6 Å². The molecule has 582 valence electrons. The molecule has 0 aromatic heterocycles. The molecule has 3 N–H and O–H groups in total. The number of phosphoric ester groups is 2. The summed E-state index contributed by atoms with van der Waals surface area (Å²) in [5.41, 5.74) is 0. The van der Waals surface area contributed by atoms with Crippen LogP contribution in [-0.4, -0.2) is 96.7 Å². The van der Waals surface area contributed by atoms with Crippen LogP contribution in [0.3, 0.4) is 0 Å². The summed E-state index contributed by atoms with van der Waals surface area (Å²) in [4.78, 5) is 72.9. The highest BCUT2D eigenvalue weighted by molar-refractivity contribution is 7.47. The molecule has 0 saturated heterocycles. The molecule has 0 radical (unpaired) electrons. The summed E-state index contributed by atoms with van der Waals surface area (Å²) in [6, 6.07) is 0. The first kappa shape index (κ1) is 96.1. The molecular formula is C79H154O17P2. The molecule has 0 heterocycles. The summed E-state index contributed by atoms with van der Waals surface area (Å²) < 4.78 is 68.6. The topological polar surface area (TPSA) is 237 Å². The van der Waals surface area contributed by atoms with Crippen molar-refractivity contribution in [3.05, 3.63) is 0 Å². The van der Waals surface area contributed by atoms with E-state index in [9.17, 15) is 43.2 Å². The molecule has 0 spiro atoms. The molecule has 0 amide bonds. The van der Waals surface area contributed by atoms with Gasteiger partial charge in [-0.25, -0.2) is 9.13 Å². The fraction of sp³-hybridized carbons (Fsp3) is 0.949. The van der Waals surface area contributed by atoms with E-state index in [4.69, 9.17) is 37.0 Å². The van der Waals surface area contributed by atoms with E-state index in [0.29, 0.717) is 31.6 Å². The number of carbonyl (C=O) groups excluding carboxylic acids is 4. The van der Waals surface area contributed by atoms with Gasteiger partial charge >= 0.3 is 39.5 Å². The van der Waals surface area contributed by atoms with Crippen LogP contribution in [0, 0.1) is 5.92 Å². The molecule has 17 nitrogen and oxygen atoms in total. The maximum Gasteiger partial charge on any atom is 0.472 e. The predicted molar refractivity (Wildman–Crippen MR) is 400 cm³/mol. The Bertz CT molecular complexity index is 1870. The second-order valence-electron chi connectivity index (χ2n) is 28.9. The first-order chi connectivity index (χ1) is 47.5. The van der Waals surface area contributed by atoms with Crippen molar-refractivity contribution >= 4 is 39.5 Å². The van der Waals surface area contributed by atoms with E-state index in [1.54, 1.807) is 0 Å². The van der Waals surface area contributed by atoms with Gasteiger partial charge in [0.25, 0.3) is 0 Å². The van der Waals surface area contributed by atoms with E-state index in [1.807, 2.05) is 0 Å². The summed E-state index contributed by atoms with van der Waals surface area (Å²) in [6.07, 6.45) is 62.6. The molecule has 0 rings (SSSR count). The fourth-order valence-corrected chi connectivity index (χ4v) is 13.8. The van der Waals surface area contributed by atoms with Gasteiger partial charge in [-0.2, -0.15) is 0 Å². The van der Waals surface area contributed by atoms with Crippen LogP contribution in [0.2, 0.25) is 0 Å². The summed E-state index contributed by atoms with van der Waals surface area (Å²) in [5.74, 6) is -1.43. The number of hydrogen-bond donors (Lipinski definition) is 3. The molecule has 0 aromatic carbocycles. The molecule has 0 saturated carbocycles. The molecule has 0 aliphatic rings. The van der Waals surface area contributed by atoms with Crippen molar-refractivity contribution in [3.63, 3.8) is 0 Å². The van der Waals surface area contributed by atoms with Crippen molar-refractivity contribution in [3.8, 4) is 0 Å². The highest BCUT2D eigenvalue weighted by Gasteiger charge is 2.30. The first-order valence-electron chi connectivity index (χ1n) is 41.1. The fourth-order valence-electron chi connectivity index (χ4n) is 12.2. The molecule has 2 unspecified atom stereocenters. The maximum absolute atomic E-state index is 13.1. The normalized spacial score (nSPS) is 13.9. The van der Waals surface area contributed by atoms with Crippen molar-refractivity contribution < 1.29 is 80.2 Å². The van der Waals surface area contributed by atoms with E-state index in [0.717, 1.165) is 96.3 Å². The Morgan fingerprint density at radius 2 is 0.469 bits per heavy atom. The smallest absolute Gasteiger partial charge is 0.462 e. The van der Waals surface area contributed by atoms with Crippen molar-refractivity contribution in [1.29, 1.82) is 0 Å². The highest BCUT2D eigenvalue weighted by Crippen LogP contribution is 2.45. The van der Waals surface area contributed by atoms with Crippen LogP contribution >= 0.6 is 15.6 Å². The average molecular weight is 1440 g/mol. The van der Waals surface area contributed by atoms with Crippen LogP contribution < -0.4 is 0 Å². The van der Waals surface area contributed by atoms with Gasteiger partial charge in [0.05, 0.1) is 26.4 Å². The number of esters is 4. The molecule has 0 bridgehead atoms. The largest absolute Gasteiger partial charge is 0.472 e. The monoisotopic (exact) mass is 1440 g/mol. The minimum absolute atomic E-state index is 0.107. The molecular weight excluding hydrogens is 1280 g/mol. The molecule has 19 heteroatoms. The summed E-state index contributed by atoms with van der Waals surface area (Å²) in [5, 5.41) is 10.6. The zero-order valence-corrected chi connectivity index (χ0v) is 65.7. The SMILES string of the molecule is CCCCCCCCCCCCCCCCCCCCC(=O)O[C@H](COC(=O)CCCCCCCCCCCCCCCCCCC)COP(=O)(O)OC[C@@H](O)COP(=O)(O)OC[C@@H](COC(=O)CCCCCCCCC(C)C)OC(=O)CCCCCCCCCCCCCCCC. The minimum Gasteiger partial charge on any atom is -0.462 e. The number of carbonyl (C=O) groups is 4. The third kappa shape index (κ3) is 72.4. The lowest BCUT2D eigenvalue weighted by molar-refractivity contribution is -0.161. The van der Waals surface area contributed by atoms with Crippen LogP contribution in [0.25, 0.3) is 0 Å². The number of aliphatic hydroxyl groups is 1. The minimum atomic E-state index is -4.96. The zero-order chi connectivity index (χ0) is 71.9. The Kier molecular flexibility index (Phi) is 70.6. The Morgan fingerprint density at radius 1 is 0.276 bits per heavy atom. The maximum atomic E-state index is 13.1. The molecule has 0 aliphatic heterocycles. The molecule has 0 fully saturated rings. The summed E-state index contributed by atoms with van der Waals surface area (Å²) >= 11 is 0. The first-order valence-corrected chi connectivity index (χ1v) is 44.1. The Morgan fingerprint density at radius 3 is 0.694 bits per heavy atom. The second kappa shape index (κ2) is 72.0. The van der Waals surface area contributed by atoms with Gasteiger partial charge in [0.2, 0.25) is 0 Å². The summed E-state index contributed by atoms with van der Waals surface area (Å²) in [6.45, 7) is 7.24. The van der Waals surface area contributed by atoms with Crippen LogP contribution in [0.4, 0.5) is 0 Å². The van der Waals surface area contributed by atoms with Crippen molar-refractivity contribution in [1.82, 2.24) is 0 Å². The van der Waals surface area contributed by atoms with E-state index >= 15 is 0 Å². The van der Waals surface area contributed by atoms with Crippen molar-refractivity contribution in [2.45, 2.75) is 438 Å². The number of hydrogen-bond acceptors (Lipinski definition) is 15. The zero-order valence-electron chi connectivity index (χ0n) is 63.9. The molecule has 0 aromatic rings. The van der Waals surface area contributed by atoms with E-state index in [2.05, 4.69) is 34.6 Å². The van der Waals surface area contributed by atoms with Gasteiger partial charge < -0.3 is 33.8 Å². The third-order valence-corrected chi connectivity index (χ3v) is 20.4. The summed E-state index contributed by atoms with van der Waals surface area (Å²) in [7, 11) is -9.91. The van der Waals surface area contributed by atoms with E-state index in [-0.39, 0.29) is 25.7 Å². The average Bonchev–Trinajstić information content (AvgIpc) is 1.11. The van der Waals surface area contributed by atoms with Gasteiger partial charge in [-0.05, 0) is 31.6 Å². The Hall–Kier alpha value is -1.94. The van der Waals surface area contributed by atoms with Gasteiger partial charge in [-0.15, -0.1) is 0 Å². The van der Waals surface area contributed by atoms with Gasteiger partial charge in [0.15, 0.2) is 12.2 Å². The van der Waals surface area contributed by atoms with Crippen molar-refractivity contribution in [2.24, 2.45) is 5.92 Å². The number of rotatable bonds is 79. The Labute approximate surface area is 600 Å². The lowest BCUT2D eigenvalue weighted by atomic mass is 10.0. The molecule has 5 atom stereocenters. The van der Waals surface area contributed by atoms with Crippen LogP contribution in [0.5, 0.6) is 0 Å². The number of unbranched alkanes of at least 4 members (excludes halogenated alkanes) is 51. The second-order valence-corrected chi connectivity index (χ2v) is 31.8. The lowest BCUT2D eigenvalue weighted by Gasteiger charge is -2.21. The van der Waals surface area contributed by atoms with Gasteiger partial charge in [-0.3, -0.25) is 37.3 Å². The third-order valence-electron chi connectivity index (χ3n) is 18.5. The predicted octanol–water partition coefficient (Wildman–Crippen LogP) is 23.6. The number of phosphoric acid groups is 2. The van der Waals surface area contributed by atoms with E-state index < -0.39 is 97.5 Å². The number of ether oxygens (including phenoxy) is 4. The lowest BCUT2D eigenvalue weighted by Crippen LogP contribution is -2.30. The van der Waals surface area contributed by atoms with E-state index in [1.165, 1.54) is 238 Å². The van der Waals surface area contributed by atoms with Crippen LogP contribution in [-0.2, 0) is 65.4 Å². The van der Waals surface area contributed by atoms with Gasteiger partial charge in [-0.1, -0.05) is 369 Å². The highest BCUT2D eigenvalue weighted by atomic mass is 31.2. The number of aliphatic hydroxyl groups excluding tert-OH is 1. The molecule has 98 heavy (non-hydrogen) atoms. The van der Waals surface area contributed by atoms with Gasteiger partial charge in [0, 0.05) is 25.7 Å². The molecule has 0 aliphatic carbocycles. The Balaban J connectivity index is 5.22. The standard InChI is InChI=1S/C79H154O17P2/c1-6-9-12-15-18-21-24-27-30-32-34-36-39-42-45-48-55-60-65-78(83)95-74(68-89-76(81)62-57-52-46-43-40-38-35-33-31-28-25-22-19-16-13-10-7-2)70-93-97(85,86)91-66-73(80)67-92-98(87,88)94-71-75(69-90-77(82)63-58-53-50-49-51-56-61-72(4)5)96-79(84)64-59-54-47-44-41-37-29-26-23-20-17-14-11-8-3/h72-75,80H,6-71H2,1-5H3,(H,85,86)(H,87,88)/t73-,74-,75-/m1/s1. The van der Waals surface area contributed by atoms with Crippen LogP contribution in [0.15, 0.2) is 0 Å².